The Labute approximate surface area is 193 Å². The average molecular weight is 447 g/mol. The van der Waals surface area contributed by atoms with Crippen LogP contribution < -0.4 is 10.9 Å². The van der Waals surface area contributed by atoms with E-state index >= 15 is 0 Å². The molecule has 4 rings (SSSR count). The molecule has 1 atom stereocenters. The summed E-state index contributed by atoms with van der Waals surface area (Å²) in [5.74, 6) is 0. The number of nitrogens with zero attached hydrogens (tertiary/aromatic N) is 1. The summed E-state index contributed by atoms with van der Waals surface area (Å²) < 4.78 is 7.07. The number of fused-ring (bicyclic) bond motifs is 1. The van der Waals surface area contributed by atoms with Crippen LogP contribution in [0.4, 0.5) is 0 Å². The summed E-state index contributed by atoms with van der Waals surface area (Å²) in [6.07, 6.45) is 0. The van der Waals surface area contributed by atoms with E-state index in [1.54, 1.807) is 7.11 Å². The van der Waals surface area contributed by atoms with Crippen LogP contribution >= 0.6 is 11.6 Å². The molecule has 0 saturated heterocycles. The Morgan fingerprint density at radius 2 is 1.69 bits per heavy atom. The predicted molar refractivity (Wildman–Crippen MR) is 131 cm³/mol. The molecular formula is C27H27ClN2O2. The number of pyridine rings is 1. The van der Waals surface area contributed by atoms with E-state index in [1.807, 2.05) is 65.2 Å². The van der Waals surface area contributed by atoms with Gasteiger partial charge in [-0.2, -0.15) is 0 Å². The van der Waals surface area contributed by atoms with Crippen LogP contribution in [0.3, 0.4) is 0 Å². The number of aryl methyl sites for hydroxylation is 1. The highest BCUT2D eigenvalue weighted by atomic mass is 35.5. The average Bonchev–Trinajstić information content (AvgIpc) is 2.81. The molecule has 0 spiro atoms. The maximum Gasteiger partial charge on any atom is 0.255 e. The third kappa shape index (κ3) is 4.94. The van der Waals surface area contributed by atoms with Crippen molar-refractivity contribution in [2.75, 3.05) is 13.7 Å². The summed E-state index contributed by atoms with van der Waals surface area (Å²) >= 11 is 6.11. The van der Waals surface area contributed by atoms with Crippen molar-refractivity contribution in [2.45, 2.75) is 26.1 Å². The molecule has 1 N–H and O–H groups in total. The number of hydrogen-bond donors (Lipinski definition) is 1. The van der Waals surface area contributed by atoms with Crippen LogP contribution in [0.25, 0.3) is 10.9 Å². The predicted octanol–water partition coefficient (Wildman–Crippen LogP) is 5.49. The molecular weight excluding hydrogens is 420 g/mol. The Kier molecular flexibility index (Phi) is 7.05. The summed E-state index contributed by atoms with van der Waals surface area (Å²) in [5, 5.41) is 5.36. The standard InChI is InChI=1S/C27H27ClN2O2/c1-19-8-13-25-22(16-19)17-23(27(31)30(25)14-15-32-2)18-29-26(20-6-4-3-5-7-20)21-9-11-24(28)12-10-21/h3-13,16-17,26,29H,14-15,18H2,1-2H3/t26-/m1/s1. The van der Waals surface area contributed by atoms with Crippen molar-refractivity contribution in [3.63, 3.8) is 0 Å². The van der Waals surface area contributed by atoms with Crippen LogP contribution in [0.1, 0.15) is 28.3 Å². The quantitative estimate of drug-likeness (QED) is 0.389. The molecule has 164 valence electrons. The molecule has 1 heterocycles. The minimum atomic E-state index is -0.0616. The van der Waals surface area contributed by atoms with Gasteiger partial charge in [0.25, 0.3) is 5.56 Å². The molecule has 0 fully saturated rings. The second-order valence-electron chi connectivity index (χ2n) is 7.96. The molecule has 0 bridgehead atoms. The molecule has 4 aromatic rings. The number of nitrogens with one attached hydrogen (secondary N) is 1. The first-order chi connectivity index (χ1) is 15.6. The summed E-state index contributed by atoms with van der Waals surface area (Å²) in [6.45, 7) is 3.50. The minimum Gasteiger partial charge on any atom is -0.383 e. The molecule has 0 amide bonds. The fourth-order valence-corrected chi connectivity index (χ4v) is 4.17. The zero-order chi connectivity index (χ0) is 22.5. The lowest BCUT2D eigenvalue weighted by Crippen LogP contribution is -2.30. The van der Waals surface area contributed by atoms with Gasteiger partial charge < -0.3 is 14.6 Å². The second-order valence-corrected chi connectivity index (χ2v) is 8.39. The van der Waals surface area contributed by atoms with Crippen LogP contribution in [0.5, 0.6) is 0 Å². The molecule has 5 heteroatoms. The Morgan fingerprint density at radius 3 is 2.41 bits per heavy atom. The van der Waals surface area contributed by atoms with Crippen LogP contribution in [-0.2, 0) is 17.8 Å². The summed E-state index contributed by atoms with van der Waals surface area (Å²) in [7, 11) is 1.65. The fourth-order valence-electron chi connectivity index (χ4n) is 4.04. The van der Waals surface area contributed by atoms with Crippen molar-refractivity contribution >= 4 is 22.5 Å². The van der Waals surface area contributed by atoms with E-state index < -0.39 is 0 Å². The maximum atomic E-state index is 13.4. The number of hydrogen-bond acceptors (Lipinski definition) is 3. The lowest BCUT2D eigenvalue weighted by molar-refractivity contribution is 0.187. The summed E-state index contributed by atoms with van der Waals surface area (Å²) in [5.41, 5.74) is 5.06. The first-order valence-electron chi connectivity index (χ1n) is 10.7. The number of aromatic nitrogens is 1. The number of ether oxygens (including phenoxy) is 1. The van der Waals surface area contributed by atoms with Crippen molar-refractivity contribution in [3.05, 3.63) is 116 Å². The van der Waals surface area contributed by atoms with Gasteiger partial charge in [0.2, 0.25) is 0 Å². The molecule has 32 heavy (non-hydrogen) atoms. The first-order valence-corrected chi connectivity index (χ1v) is 11.1. The van der Waals surface area contributed by atoms with Crippen molar-refractivity contribution in [2.24, 2.45) is 0 Å². The molecule has 1 aromatic heterocycles. The minimum absolute atomic E-state index is 0.00817. The van der Waals surface area contributed by atoms with E-state index in [2.05, 4.69) is 30.4 Å². The van der Waals surface area contributed by atoms with E-state index in [0.717, 1.165) is 33.2 Å². The highest BCUT2D eigenvalue weighted by molar-refractivity contribution is 6.30. The third-order valence-corrected chi connectivity index (χ3v) is 5.93. The normalized spacial score (nSPS) is 12.2. The van der Waals surface area contributed by atoms with Gasteiger partial charge in [-0.25, -0.2) is 0 Å². The Bertz CT molecular complexity index is 1250. The van der Waals surface area contributed by atoms with Gasteiger partial charge in [-0.1, -0.05) is 65.7 Å². The molecule has 3 aromatic carbocycles. The molecule has 0 aliphatic rings. The first kappa shape index (κ1) is 22.3. The van der Waals surface area contributed by atoms with Gasteiger partial charge in [-0.05, 0) is 53.8 Å². The number of benzene rings is 3. The molecule has 4 nitrogen and oxygen atoms in total. The molecule has 0 saturated carbocycles. The fraction of sp³-hybridized carbons (Fsp3) is 0.222. The summed E-state index contributed by atoms with van der Waals surface area (Å²) in [6, 6.07) is 26.2. The van der Waals surface area contributed by atoms with E-state index in [0.29, 0.717) is 24.7 Å². The number of halogens is 1. The van der Waals surface area contributed by atoms with Crippen LogP contribution in [0, 0.1) is 6.92 Å². The van der Waals surface area contributed by atoms with Gasteiger partial charge in [-0.3, -0.25) is 4.79 Å². The van der Waals surface area contributed by atoms with E-state index in [4.69, 9.17) is 16.3 Å². The number of methoxy groups -OCH3 is 1. The lowest BCUT2D eigenvalue weighted by atomic mass is 9.98. The van der Waals surface area contributed by atoms with Crippen molar-refractivity contribution in [1.29, 1.82) is 0 Å². The highest BCUT2D eigenvalue weighted by Crippen LogP contribution is 2.24. The highest BCUT2D eigenvalue weighted by Gasteiger charge is 2.16. The lowest BCUT2D eigenvalue weighted by Gasteiger charge is -2.21. The van der Waals surface area contributed by atoms with E-state index in [-0.39, 0.29) is 11.6 Å². The maximum absolute atomic E-state index is 13.4. The van der Waals surface area contributed by atoms with Gasteiger partial charge in [-0.15, -0.1) is 0 Å². The monoisotopic (exact) mass is 446 g/mol. The molecule has 0 unspecified atom stereocenters. The van der Waals surface area contributed by atoms with Gasteiger partial charge in [0.05, 0.1) is 18.2 Å². The second kappa shape index (κ2) is 10.1. The topological polar surface area (TPSA) is 43.3 Å². The molecule has 0 aliphatic carbocycles. The Morgan fingerprint density at radius 1 is 0.969 bits per heavy atom. The zero-order valence-corrected chi connectivity index (χ0v) is 19.1. The van der Waals surface area contributed by atoms with Gasteiger partial charge in [0.15, 0.2) is 0 Å². The largest absolute Gasteiger partial charge is 0.383 e. The van der Waals surface area contributed by atoms with Gasteiger partial charge in [0.1, 0.15) is 0 Å². The Balaban J connectivity index is 1.71. The van der Waals surface area contributed by atoms with E-state index in [1.165, 1.54) is 0 Å². The zero-order valence-electron chi connectivity index (χ0n) is 18.3. The smallest absolute Gasteiger partial charge is 0.255 e. The summed E-state index contributed by atoms with van der Waals surface area (Å²) in [4.78, 5) is 13.4. The molecule has 0 aliphatic heterocycles. The Hall–Kier alpha value is -2.92. The molecule has 0 radical (unpaired) electrons. The van der Waals surface area contributed by atoms with Crippen LogP contribution in [-0.4, -0.2) is 18.3 Å². The number of rotatable bonds is 8. The van der Waals surface area contributed by atoms with Crippen molar-refractivity contribution in [3.8, 4) is 0 Å². The SMILES string of the molecule is COCCn1c(=O)c(CN[C@H](c2ccccc2)c2ccc(Cl)cc2)cc2cc(C)ccc21. The van der Waals surface area contributed by atoms with Crippen molar-refractivity contribution in [1.82, 2.24) is 9.88 Å². The van der Waals surface area contributed by atoms with Crippen LogP contribution in [0.15, 0.2) is 83.7 Å². The van der Waals surface area contributed by atoms with Crippen molar-refractivity contribution < 1.29 is 4.74 Å². The third-order valence-electron chi connectivity index (χ3n) is 5.68. The van der Waals surface area contributed by atoms with Gasteiger partial charge >= 0.3 is 0 Å². The van der Waals surface area contributed by atoms with E-state index in [9.17, 15) is 4.79 Å². The van der Waals surface area contributed by atoms with Gasteiger partial charge in [0, 0.05) is 30.8 Å². The van der Waals surface area contributed by atoms with Crippen LogP contribution in [0.2, 0.25) is 5.02 Å².